The second-order valence-electron chi connectivity index (χ2n) is 5.66. The van der Waals surface area contributed by atoms with Crippen LogP contribution in [-0.4, -0.2) is 26.3 Å². The van der Waals surface area contributed by atoms with Gasteiger partial charge in [0.25, 0.3) is 0 Å². The molecule has 0 amide bonds. The molecule has 100 valence electrons. The molecule has 0 saturated heterocycles. The standard InChI is InChI=1S/C12H11F3N4/c13-12(14,15)10-4-11(5-10,6-10)18-9-8-2-1-3-19(8)17-7-16-9/h1-3,7H,4-6H2,(H,16,17,18). The van der Waals surface area contributed by atoms with Gasteiger partial charge in [-0.15, -0.1) is 0 Å². The predicted molar refractivity (Wildman–Crippen MR) is 61.7 cm³/mol. The monoisotopic (exact) mass is 268 g/mol. The molecule has 3 saturated carbocycles. The van der Waals surface area contributed by atoms with Gasteiger partial charge in [-0.3, -0.25) is 0 Å². The van der Waals surface area contributed by atoms with Gasteiger partial charge in [0.1, 0.15) is 11.8 Å². The van der Waals surface area contributed by atoms with E-state index >= 15 is 0 Å². The van der Waals surface area contributed by atoms with Gasteiger partial charge in [-0.2, -0.15) is 18.3 Å². The summed E-state index contributed by atoms with van der Waals surface area (Å²) in [6.07, 6.45) is -0.435. The lowest BCUT2D eigenvalue weighted by Crippen LogP contribution is -2.75. The lowest BCUT2D eigenvalue weighted by Gasteiger charge is -2.70. The Balaban J connectivity index is 1.58. The molecule has 0 unspecified atom stereocenters. The van der Waals surface area contributed by atoms with Crippen LogP contribution in [0.5, 0.6) is 0 Å². The molecule has 0 aromatic carbocycles. The molecule has 2 heterocycles. The van der Waals surface area contributed by atoms with Crippen LogP contribution in [0, 0.1) is 5.41 Å². The van der Waals surface area contributed by atoms with Crippen LogP contribution in [0.25, 0.3) is 5.52 Å². The second kappa shape index (κ2) is 3.02. The first-order chi connectivity index (χ1) is 8.93. The third-order valence-corrected chi connectivity index (χ3v) is 4.35. The fourth-order valence-electron chi connectivity index (χ4n) is 3.43. The summed E-state index contributed by atoms with van der Waals surface area (Å²) in [4.78, 5) is 4.13. The highest BCUT2D eigenvalue weighted by molar-refractivity contribution is 5.68. The largest absolute Gasteiger partial charge is 0.394 e. The third kappa shape index (κ3) is 1.30. The molecule has 0 aliphatic heterocycles. The summed E-state index contributed by atoms with van der Waals surface area (Å²) in [5.74, 6) is 0.607. The Morgan fingerprint density at radius 1 is 1.26 bits per heavy atom. The van der Waals surface area contributed by atoms with Crippen molar-refractivity contribution in [1.29, 1.82) is 0 Å². The Bertz CT molecular complexity index is 641. The molecule has 1 N–H and O–H groups in total. The van der Waals surface area contributed by atoms with Gasteiger partial charge >= 0.3 is 6.18 Å². The summed E-state index contributed by atoms with van der Waals surface area (Å²) >= 11 is 0. The topological polar surface area (TPSA) is 42.2 Å². The van der Waals surface area contributed by atoms with Crippen molar-refractivity contribution in [3.63, 3.8) is 0 Å². The van der Waals surface area contributed by atoms with E-state index in [1.165, 1.54) is 6.33 Å². The summed E-state index contributed by atoms with van der Waals surface area (Å²) in [7, 11) is 0. The molecule has 3 aliphatic rings. The Kier molecular flexibility index (Phi) is 1.76. The Morgan fingerprint density at radius 3 is 2.68 bits per heavy atom. The third-order valence-electron chi connectivity index (χ3n) is 4.35. The quantitative estimate of drug-likeness (QED) is 0.910. The van der Waals surface area contributed by atoms with Crippen LogP contribution in [0.1, 0.15) is 19.3 Å². The van der Waals surface area contributed by atoms with Crippen LogP contribution < -0.4 is 5.32 Å². The molecule has 7 heteroatoms. The van der Waals surface area contributed by atoms with Crippen LogP contribution in [0.2, 0.25) is 0 Å². The zero-order valence-corrected chi connectivity index (χ0v) is 9.91. The van der Waals surface area contributed by atoms with Gasteiger partial charge in [0, 0.05) is 11.7 Å². The van der Waals surface area contributed by atoms with Crippen molar-refractivity contribution >= 4 is 11.3 Å². The average molecular weight is 268 g/mol. The maximum Gasteiger partial charge on any atom is 0.394 e. The van der Waals surface area contributed by atoms with Crippen molar-refractivity contribution in [2.24, 2.45) is 5.41 Å². The average Bonchev–Trinajstić information content (AvgIpc) is 2.67. The van der Waals surface area contributed by atoms with Crippen LogP contribution in [0.3, 0.4) is 0 Å². The summed E-state index contributed by atoms with van der Waals surface area (Å²) in [5.41, 5.74) is -1.08. The number of hydrogen-bond acceptors (Lipinski definition) is 3. The number of anilines is 1. The summed E-state index contributed by atoms with van der Waals surface area (Å²) in [6, 6.07) is 3.67. The number of nitrogens with zero attached hydrogens (tertiary/aromatic N) is 3. The Morgan fingerprint density at radius 2 is 2.00 bits per heavy atom. The fraction of sp³-hybridized carbons (Fsp3) is 0.500. The van der Waals surface area contributed by atoms with Crippen LogP contribution in [0.15, 0.2) is 24.7 Å². The van der Waals surface area contributed by atoms with Crippen molar-refractivity contribution < 1.29 is 13.2 Å². The highest BCUT2D eigenvalue weighted by atomic mass is 19.4. The van der Waals surface area contributed by atoms with E-state index in [9.17, 15) is 13.2 Å². The molecule has 0 radical (unpaired) electrons. The first-order valence-corrected chi connectivity index (χ1v) is 6.07. The maximum absolute atomic E-state index is 12.8. The number of alkyl halides is 3. The highest BCUT2D eigenvalue weighted by Gasteiger charge is 2.78. The minimum atomic E-state index is -4.08. The van der Waals surface area contributed by atoms with Gasteiger partial charge in [-0.05, 0) is 31.4 Å². The SMILES string of the molecule is FC(F)(F)C12CC(Nc3ncnn4cccc34)(C1)C2. The first-order valence-electron chi connectivity index (χ1n) is 6.07. The van der Waals surface area contributed by atoms with E-state index in [0.717, 1.165) is 5.52 Å². The molecule has 3 aliphatic carbocycles. The van der Waals surface area contributed by atoms with E-state index in [-0.39, 0.29) is 19.3 Å². The lowest BCUT2D eigenvalue weighted by molar-refractivity contribution is -0.327. The van der Waals surface area contributed by atoms with Gasteiger partial charge < -0.3 is 5.32 Å². The smallest absolute Gasteiger partial charge is 0.363 e. The van der Waals surface area contributed by atoms with Gasteiger partial charge in [0.05, 0.1) is 5.41 Å². The minimum absolute atomic E-state index is 0.153. The minimum Gasteiger partial charge on any atom is -0.363 e. The zero-order valence-electron chi connectivity index (χ0n) is 9.91. The van der Waals surface area contributed by atoms with Crippen LogP contribution in [-0.2, 0) is 0 Å². The Labute approximate surface area is 106 Å². The van der Waals surface area contributed by atoms with Crippen molar-refractivity contribution in [1.82, 2.24) is 14.6 Å². The molecule has 2 aromatic heterocycles. The van der Waals surface area contributed by atoms with Gasteiger partial charge in [0.2, 0.25) is 0 Å². The summed E-state index contributed by atoms with van der Waals surface area (Å²) < 4.78 is 40.0. The van der Waals surface area contributed by atoms with Crippen molar-refractivity contribution in [2.45, 2.75) is 31.0 Å². The highest BCUT2D eigenvalue weighted by Crippen LogP contribution is 2.74. The normalized spacial score (nSPS) is 32.8. The van der Waals surface area contributed by atoms with Gasteiger partial charge in [0.15, 0.2) is 5.82 Å². The van der Waals surface area contributed by atoms with Crippen molar-refractivity contribution in [3.8, 4) is 0 Å². The second-order valence-corrected chi connectivity index (χ2v) is 5.66. The molecule has 3 fully saturated rings. The number of fused-ring (bicyclic) bond motifs is 1. The number of hydrogen-bond donors (Lipinski definition) is 1. The molecule has 19 heavy (non-hydrogen) atoms. The molecule has 0 atom stereocenters. The van der Waals surface area contributed by atoms with Crippen LogP contribution in [0.4, 0.5) is 19.0 Å². The van der Waals surface area contributed by atoms with E-state index in [1.807, 2.05) is 12.1 Å². The summed E-state index contributed by atoms with van der Waals surface area (Å²) in [5, 5.41) is 7.20. The number of halogens is 3. The molecule has 4 nitrogen and oxygen atoms in total. The first kappa shape index (κ1) is 11.1. The molecule has 2 bridgehead atoms. The van der Waals surface area contributed by atoms with Crippen LogP contribution >= 0.6 is 0 Å². The van der Waals surface area contributed by atoms with Gasteiger partial charge in [-0.25, -0.2) is 9.50 Å². The molecule has 2 aromatic rings. The fourth-order valence-corrected chi connectivity index (χ4v) is 3.43. The number of aromatic nitrogens is 3. The van der Waals surface area contributed by atoms with E-state index in [4.69, 9.17) is 0 Å². The predicted octanol–water partition coefficient (Wildman–Crippen LogP) is 2.63. The van der Waals surface area contributed by atoms with E-state index in [0.29, 0.717) is 5.82 Å². The van der Waals surface area contributed by atoms with Crippen molar-refractivity contribution in [3.05, 3.63) is 24.7 Å². The molecule has 5 rings (SSSR count). The zero-order chi connectivity index (χ0) is 13.3. The Hall–Kier alpha value is -1.79. The van der Waals surface area contributed by atoms with Crippen molar-refractivity contribution in [2.75, 3.05) is 5.32 Å². The van der Waals surface area contributed by atoms with E-state index < -0.39 is 17.1 Å². The maximum atomic E-state index is 12.8. The lowest BCUT2D eigenvalue weighted by atomic mass is 9.39. The molecular weight excluding hydrogens is 257 g/mol. The van der Waals surface area contributed by atoms with Gasteiger partial charge in [-0.1, -0.05) is 0 Å². The number of nitrogens with one attached hydrogen (secondary N) is 1. The molecular formula is C12H11F3N4. The van der Waals surface area contributed by atoms with E-state index in [2.05, 4.69) is 15.4 Å². The summed E-state index contributed by atoms with van der Waals surface area (Å²) in [6.45, 7) is 0. The molecule has 0 spiro atoms. The van der Waals surface area contributed by atoms with E-state index in [1.54, 1.807) is 10.7 Å². The number of rotatable bonds is 2.